The van der Waals surface area contributed by atoms with E-state index in [0.717, 1.165) is 18.7 Å². The fourth-order valence-corrected chi connectivity index (χ4v) is 2.80. The fourth-order valence-electron chi connectivity index (χ4n) is 2.80. The zero-order valence-corrected chi connectivity index (χ0v) is 11.7. The molecule has 0 bridgehead atoms. The standard InChI is InChI=1S/C17H21N3/c18-12-15(11-13-5-2-1-3-6-13)19-17-10-9-14-7-4-8-16(14)20-17/h1-3,5-6,9-10,15H,4,7-8,11-12,18H2,(H,19,20). The van der Waals surface area contributed by atoms with Crippen LogP contribution in [-0.2, 0) is 19.3 Å². The number of anilines is 1. The predicted octanol–water partition coefficient (Wildman–Crippen LogP) is 2.55. The molecule has 1 heterocycles. The van der Waals surface area contributed by atoms with Crippen molar-refractivity contribution in [2.45, 2.75) is 31.7 Å². The van der Waals surface area contributed by atoms with Crippen molar-refractivity contribution in [2.75, 3.05) is 11.9 Å². The van der Waals surface area contributed by atoms with Gasteiger partial charge in [-0.15, -0.1) is 0 Å². The zero-order valence-electron chi connectivity index (χ0n) is 11.7. The van der Waals surface area contributed by atoms with E-state index in [1.165, 1.54) is 29.7 Å². The Labute approximate surface area is 120 Å². The summed E-state index contributed by atoms with van der Waals surface area (Å²) in [5, 5.41) is 3.47. The molecule has 1 aromatic heterocycles. The summed E-state index contributed by atoms with van der Waals surface area (Å²) in [4.78, 5) is 4.72. The van der Waals surface area contributed by atoms with Gasteiger partial charge in [-0.25, -0.2) is 4.98 Å². The van der Waals surface area contributed by atoms with Crippen molar-refractivity contribution in [2.24, 2.45) is 5.73 Å². The van der Waals surface area contributed by atoms with Gasteiger partial charge in [-0.2, -0.15) is 0 Å². The van der Waals surface area contributed by atoms with Crippen LogP contribution in [-0.4, -0.2) is 17.6 Å². The van der Waals surface area contributed by atoms with Crippen molar-refractivity contribution < 1.29 is 0 Å². The Balaban J connectivity index is 1.68. The molecule has 1 aliphatic rings. The summed E-state index contributed by atoms with van der Waals surface area (Å²) in [5.41, 5.74) is 9.85. The Kier molecular flexibility index (Phi) is 3.97. The molecule has 0 radical (unpaired) electrons. The van der Waals surface area contributed by atoms with Gasteiger partial charge in [0.05, 0.1) is 0 Å². The molecule has 104 valence electrons. The SMILES string of the molecule is NCC(Cc1ccccc1)Nc1ccc2c(n1)CCC2. The molecule has 1 aliphatic carbocycles. The molecule has 1 aromatic carbocycles. The number of benzene rings is 1. The lowest BCUT2D eigenvalue weighted by Gasteiger charge is -2.18. The van der Waals surface area contributed by atoms with Gasteiger partial charge in [0, 0.05) is 18.3 Å². The van der Waals surface area contributed by atoms with Crippen LogP contribution in [0, 0.1) is 0 Å². The Hall–Kier alpha value is -1.87. The van der Waals surface area contributed by atoms with E-state index in [0.29, 0.717) is 6.54 Å². The van der Waals surface area contributed by atoms with Gasteiger partial charge in [-0.1, -0.05) is 36.4 Å². The van der Waals surface area contributed by atoms with E-state index >= 15 is 0 Å². The highest BCUT2D eigenvalue weighted by molar-refractivity contribution is 5.41. The van der Waals surface area contributed by atoms with Crippen molar-refractivity contribution in [3.05, 3.63) is 59.3 Å². The van der Waals surface area contributed by atoms with Gasteiger partial charge in [0.15, 0.2) is 0 Å². The van der Waals surface area contributed by atoms with Crippen LogP contribution in [0.25, 0.3) is 0 Å². The molecule has 3 rings (SSSR count). The first kappa shape index (κ1) is 13.1. The second-order valence-corrected chi connectivity index (χ2v) is 5.42. The lowest BCUT2D eigenvalue weighted by atomic mass is 10.1. The molecule has 20 heavy (non-hydrogen) atoms. The lowest BCUT2D eigenvalue weighted by molar-refractivity contribution is 0.719. The Morgan fingerprint density at radius 1 is 1.10 bits per heavy atom. The van der Waals surface area contributed by atoms with Gasteiger partial charge in [0.25, 0.3) is 0 Å². The maximum atomic E-state index is 5.89. The summed E-state index contributed by atoms with van der Waals surface area (Å²) < 4.78 is 0. The first-order valence-electron chi connectivity index (χ1n) is 7.34. The number of aromatic nitrogens is 1. The van der Waals surface area contributed by atoms with Crippen LogP contribution in [0.1, 0.15) is 23.2 Å². The van der Waals surface area contributed by atoms with Crippen LogP contribution in [0.2, 0.25) is 0 Å². The third-order valence-electron chi connectivity index (χ3n) is 3.89. The van der Waals surface area contributed by atoms with E-state index in [2.05, 4.69) is 41.7 Å². The zero-order chi connectivity index (χ0) is 13.8. The highest BCUT2D eigenvalue weighted by Gasteiger charge is 2.14. The number of hydrogen-bond donors (Lipinski definition) is 2. The van der Waals surface area contributed by atoms with E-state index in [1.807, 2.05) is 6.07 Å². The fraction of sp³-hybridized carbons (Fsp3) is 0.353. The number of rotatable bonds is 5. The number of fused-ring (bicyclic) bond motifs is 1. The minimum atomic E-state index is 0.226. The van der Waals surface area contributed by atoms with Gasteiger partial charge in [-0.05, 0) is 42.9 Å². The molecule has 0 saturated heterocycles. The smallest absolute Gasteiger partial charge is 0.126 e. The van der Waals surface area contributed by atoms with Crippen LogP contribution in [0.3, 0.4) is 0 Å². The summed E-state index contributed by atoms with van der Waals surface area (Å²) in [5.74, 6) is 0.956. The molecule has 3 nitrogen and oxygen atoms in total. The number of nitrogens with one attached hydrogen (secondary N) is 1. The maximum absolute atomic E-state index is 5.89. The summed E-state index contributed by atoms with van der Waals surface area (Å²) >= 11 is 0. The van der Waals surface area contributed by atoms with E-state index in [9.17, 15) is 0 Å². The van der Waals surface area contributed by atoms with Gasteiger partial charge in [0.2, 0.25) is 0 Å². The third-order valence-corrected chi connectivity index (χ3v) is 3.89. The monoisotopic (exact) mass is 267 g/mol. The Morgan fingerprint density at radius 2 is 1.95 bits per heavy atom. The molecule has 0 aliphatic heterocycles. The van der Waals surface area contributed by atoms with Gasteiger partial charge in [0.1, 0.15) is 5.82 Å². The Morgan fingerprint density at radius 3 is 2.75 bits per heavy atom. The van der Waals surface area contributed by atoms with Crippen molar-refractivity contribution in [1.29, 1.82) is 0 Å². The summed E-state index contributed by atoms with van der Waals surface area (Å²) in [6.45, 7) is 0.605. The molecule has 0 spiro atoms. The van der Waals surface area contributed by atoms with Gasteiger partial charge < -0.3 is 11.1 Å². The van der Waals surface area contributed by atoms with Crippen LogP contribution >= 0.6 is 0 Å². The molecule has 0 fully saturated rings. The highest BCUT2D eigenvalue weighted by Crippen LogP contribution is 2.22. The second kappa shape index (κ2) is 6.06. The first-order valence-corrected chi connectivity index (χ1v) is 7.34. The second-order valence-electron chi connectivity index (χ2n) is 5.42. The number of hydrogen-bond acceptors (Lipinski definition) is 3. The molecule has 3 N–H and O–H groups in total. The summed E-state index contributed by atoms with van der Waals surface area (Å²) in [7, 11) is 0. The molecule has 2 aromatic rings. The average Bonchev–Trinajstić information content (AvgIpc) is 2.95. The Bertz CT molecular complexity index is 566. The van der Waals surface area contributed by atoms with Crippen LogP contribution in [0.5, 0.6) is 0 Å². The molecular formula is C17H21N3. The normalized spacial score (nSPS) is 14.8. The van der Waals surface area contributed by atoms with Gasteiger partial charge >= 0.3 is 0 Å². The maximum Gasteiger partial charge on any atom is 0.126 e. The quantitative estimate of drug-likeness (QED) is 0.875. The first-order chi connectivity index (χ1) is 9.85. The highest BCUT2D eigenvalue weighted by atomic mass is 15.0. The number of pyridine rings is 1. The molecule has 1 unspecified atom stereocenters. The molecule has 3 heteroatoms. The van der Waals surface area contributed by atoms with E-state index in [4.69, 9.17) is 10.7 Å². The largest absolute Gasteiger partial charge is 0.366 e. The lowest BCUT2D eigenvalue weighted by Crippen LogP contribution is -2.31. The molecule has 0 amide bonds. The minimum Gasteiger partial charge on any atom is -0.366 e. The summed E-state index contributed by atoms with van der Waals surface area (Å²) in [6.07, 6.45) is 4.44. The molecule has 1 atom stereocenters. The van der Waals surface area contributed by atoms with Gasteiger partial charge in [-0.3, -0.25) is 0 Å². The minimum absolute atomic E-state index is 0.226. The number of nitrogens with zero attached hydrogens (tertiary/aromatic N) is 1. The topological polar surface area (TPSA) is 50.9 Å². The van der Waals surface area contributed by atoms with E-state index in [-0.39, 0.29) is 6.04 Å². The van der Waals surface area contributed by atoms with Crippen molar-refractivity contribution in [3.63, 3.8) is 0 Å². The van der Waals surface area contributed by atoms with Crippen molar-refractivity contribution in [1.82, 2.24) is 4.98 Å². The van der Waals surface area contributed by atoms with E-state index < -0.39 is 0 Å². The number of nitrogens with two attached hydrogens (primary N) is 1. The molecule has 0 saturated carbocycles. The van der Waals surface area contributed by atoms with Crippen LogP contribution in [0.15, 0.2) is 42.5 Å². The van der Waals surface area contributed by atoms with Crippen molar-refractivity contribution in [3.8, 4) is 0 Å². The van der Waals surface area contributed by atoms with Crippen LogP contribution < -0.4 is 11.1 Å². The van der Waals surface area contributed by atoms with Crippen molar-refractivity contribution >= 4 is 5.82 Å². The third kappa shape index (κ3) is 2.99. The van der Waals surface area contributed by atoms with Crippen LogP contribution in [0.4, 0.5) is 5.82 Å². The predicted molar refractivity (Wildman–Crippen MR) is 82.9 cm³/mol. The number of aryl methyl sites for hydroxylation is 2. The summed E-state index contributed by atoms with van der Waals surface area (Å²) in [6, 6.07) is 15.0. The average molecular weight is 267 g/mol. The van der Waals surface area contributed by atoms with E-state index in [1.54, 1.807) is 0 Å². The molecular weight excluding hydrogens is 246 g/mol.